The predicted octanol–water partition coefficient (Wildman–Crippen LogP) is 3.40. The van der Waals surface area contributed by atoms with Gasteiger partial charge in [0.1, 0.15) is 11.6 Å². The van der Waals surface area contributed by atoms with Crippen molar-refractivity contribution in [1.29, 1.82) is 0 Å². The van der Waals surface area contributed by atoms with E-state index in [0.29, 0.717) is 24.7 Å². The monoisotopic (exact) mass is 335 g/mol. The van der Waals surface area contributed by atoms with Crippen LogP contribution in [0.15, 0.2) is 24.3 Å². The van der Waals surface area contributed by atoms with Gasteiger partial charge in [-0.05, 0) is 56.4 Å². The van der Waals surface area contributed by atoms with E-state index >= 15 is 0 Å². The van der Waals surface area contributed by atoms with Gasteiger partial charge in [-0.2, -0.15) is 0 Å². The Bertz CT molecular complexity index is 528. The minimum absolute atomic E-state index is 0.233. The van der Waals surface area contributed by atoms with Crippen molar-refractivity contribution in [2.75, 3.05) is 26.3 Å². The molecule has 1 aromatic carbocycles. The number of hydrogen-bond donors (Lipinski definition) is 0. The second-order valence-corrected chi connectivity index (χ2v) is 6.79. The van der Waals surface area contributed by atoms with Gasteiger partial charge >= 0.3 is 0 Å². The van der Waals surface area contributed by atoms with Crippen molar-refractivity contribution in [3.63, 3.8) is 0 Å². The first-order valence-electron chi connectivity index (χ1n) is 8.98. The smallest absolute Gasteiger partial charge is 0.222 e. The van der Waals surface area contributed by atoms with Gasteiger partial charge in [-0.3, -0.25) is 4.79 Å². The van der Waals surface area contributed by atoms with Gasteiger partial charge in [-0.25, -0.2) is 4.39 Å². The minimum atomic E-state index is -0.261. The molecule has 1 amide bonds. The maximum absolute atomic E-state index is 12.9. The lowest BCUT2D eigenvalue weighted by atomic mass is 9.98. The molecular formula is C19H26FNO3. The first-order chi connectivity index (χ1) is 11.7. The van der Waals surface area contributed by atoms with Gasteiger partial charge < -0.3 is 14.4 Å². The number of halogens is 1. The Kier molecular flexibility index (Phi) is 6.07. The van der Waals surface area contributed by atoms with Gasteiger partial charge in [0.05, 0.1) is 12.7 Å². The van der Waals surface area contributed by atoms with Crippen LogP contribution < -0.4 is 4.74 Å². The summed E-state index contributed by atoms with van der Waals surface area (Å²) < 4.78 is 24.2. The standard InChI is InChI=1S/C19H26FNO3/c20-16-5-7-18(8-6-16)24-14-15-3-1-11-21(13-15)19(22)10-9-17-4-2-12-23-17/h5-8,15,17H,1-4,9-14H2/t15-,17+/m0/s1. The number of likely N-dealkylation sites (tertiary alicyclic amines) is 1. The van der Waals surface area contributed by atoms with E-state index in [1.54, 1.807) is 12.1 Å². The van der Waals surface area contributed by atoms with Crippen LogP contribution in [0, 0.1) is 11.7 Å². The predicted molar refractivity (Wildman–Crippen MR) is 89.4 cm³/mol. The summed E-state index contributed by atoms with van der Waals surface area (Å²) in [5.74, 6) is 0.994. The summed E-state index contributed by atoms with van der Waals surface area (Å²) in [5.41, 5.74) is 0. The Morgan fingerprint density at radius 2 is 2.08 bits per heavy atom. The molecule has 4 nitrogen and oxygen atoms in total. The quantitative estimate of drug-likeness (QED) is 0.800. The Morgan fingerprint density at radius 3 is 2.83 bits per heavy atom. The van der Waals surface area contributed by atoms with Crippen molar-refractivity contribution in [2.45, 2.75) is 44.6 Å². The van der Waals surface area contributed by atoms with Crippen LogP contribution in [-0.2, 0) is 9.53 Å². The van der Waals surface area contributed by atoms with E-state index in [9.17, 15) is 9.18 Å². The summed E-state index contributed by atoms with van der Waals surface area (Å²) in [5, 5.41) is 0. The van der Waals surface area contributed by atoms with E-state index in [2.05, 4.69) is 0 Å². The molecule has 132 valence electrons. The van der Waals surface area contributed by atoms with E-state index in [1.807, 2.05) is 4.90 Å². The summed E-state index contributed by atoms with van der Waals surface area (Å²) in [6.07, 6.45) is 5.98. The summed E-state index contributed by atoms with van der Waals surface area (Å²) in [6, 6.07) is 6.08. The van der Waals surface area contributed by atoms with Crippen LogP contribution in [0.5, 0.6) is 5.75 Å². The molecule has 0 saturated carbocycles. The van der Waals surface area contributed by atoms with Crippen molar-refractivity contribution in [3.8, 4) is 5.75 Å². The maximum Gasteiger partial charge on any atom is 0.222 e. The Morgan fingerprint density at radius 1 is 1.25 bits per heavy atom. The van der Waals surface area contributed by atoms with E-state index in [4.69, 9.17) is 9.47 Å². The van der Waals surface area contributed by atoms with E-state index in [-0.39, 0.29) is 17.8 Å². The third-order valence-electron chi connectivity index (χ3n) is 4.88. The number of benzene rings is 1. The molecular weight excluding hydrogens is 309 g/mol. The summed E-state index contributed by atoms with van der Waals surface area (Å²) in [4.78, 5) is 14.4. The number of amides is 1. The van der Waals surface area contributed by atoms with Crippen LogP contribution in [0.3, 0.4) is 0 Å². The van der Waals surface area contributed by atoms with Gasteiger partial charge in [0.2, 0.25) is 5.91 Å². The van der Waals surface area contributed by atoms with E-state index in [0.717, 1.165) is 51.8 Å². The molecule has 2 aliphatic heterocycles. The average molecular weight is 335 g/mol. The van der Waals surface area contributed by atoms with Gasteiger partial charge in [0.15, 0.2) is 0 Å². The fourth-order valence-corrected chi connectivity index (χ4v) is 3.49. The number of rotatable bonds is 6. The lowest BCUT2D eigenvalue weighted by Gasteiger charge is -2.33. The van der Waals surface area contributed by atoms with E-state index in [1.165, 1.54) is 12.1 Å². The topological polar surface area (TPSA) is 38.8 Å². The van der Waals surface area contributed by atoms with Crippen LogP contribution in [0.4, 0.5) is 4.39 Å². The van der Waals surface area contributed by atoms with Crippen molar-refractivity contribution in [1.82, 2.24) is 4.90 Å². The van der Waals surface area contributed by atoms with Crippen LogP contribution in [0.25, 0.3) is 0 Å². The molecule has 0 radical (unpaired) electrons. The molecule has 0 aliphatic carbocycles. The Labute approximate surface area is 142 Å². The zero-order chi connectivity index (χ0) is 16.8. The largest absolute Gasteiger partial charge is 0.493 e. The second-order valence-electron chi connectivity index (χ2n) is 6.79. The first-order valence-corrected chi connectivity index (χ1v) is 8.98. The molecule has 2 heterocycles. The number of nitrogens with zero attached hydrogens (tertiary/aromatic N) is 1. The number of carbonyl (C=O) groups is 1. The van der Waals surface area contributed by atoms with E-state index < -0.39 is 0 Å². The molecule has 2 fully saturated rings. The number of hydrogen-bond acceptors (Lipinski definition) is 3. The molecule has 0 spiro atoms. The van der Waals surface area contributed by atoms with Gasteiger partial charge in [0, 0.05) is 32.0 Å². The normalized spacial score (nSPS) is 24.1. The first kappa shape index (κ1) is 17.2. The molecule has 5 heteroatoms. The highest BCUT2D eigenvalue weighted by Crippen LogP contribution is 2.22. The van der Waals surface area contributed by atoms with Crippen LogP contribution in [0.2, 0.25) is 0 Å². The molecule has 2 aliphatic rings. The van der Waals surface area contributed by atoms with Crippen molar-refractivity contribution in [3.05, 3.63) is 30.1 Å². The van der Waals surface area contributed by atoms with Gasteiger partial charge in [0.25, 0.3) is 0 Å². The Balaban J connectivity index is 1.41. The molecule has 0 aromatic heterocycles. The zero-order valence-electron chi connectivity index (χ0n) is 14.1. The Hall–Kier alpha value is -1.62. The molecule has 2 atom stereocenters. The molecule has 0 N–H and O–H groups in total. The lowest BCUT2D eigenvalue weighted by Crippen LogP contribution is -2.41. The SMILES string of the molecule is O=C(CC[C@H]1CCCO1)N1CCC[C@H](COc2ccc(F)cc2)C1. The molecule has 1 aromatic rings. The minimum Gasteiger partial charge on any atom is -0.493 e. The fourth-order valence-electron chi connectivity index (χ4n) is 3.49. The van der Waals surface area contributed by atoms with Crippen molar-refractivity contribution >= 4 is 5.91 Å². The lowest BCUT2D eigenvalue weighted by molar-refractivity contribution is -0.133. The molecule has 24 heavy (non-hydrogen) atoms. The molecule has 3 rings (SSSR count). The van der Waals surface area contributed by atoms with Crippen LogP contribution in [-0.4, -0.2) is 43.2 Å². The summed E-state index contributed by atoms with van der Waals surface area (Å²) in [7, 11) is 0. The van der Waals surface area contributed by atoms with Crippen LogP contribution >= 0.6 is 0 Å². The maximum atomic E-state index is 12.9. The van der Waals surface area contributed by atoms with Crippen LogP contribution in [0.1, 0.15) is 38.5 Å². The number of piperidine rings is 1. The zero-order valence-corrected chi connectivity index (χ0v) is 14.1. The summed E-state index contributed by atoms with van der Waals surface area (Å²) in [6.45, 7) is 3.01. The third kappa shape index (κ3) is 4.94. The third-order valence-corrected chi connectivity index (χ3v) is 4.88. The molecule has 2 saturated heterocycles. The second kappa shape index (κ2) is 8.47. The number of ether oxygens (including phenoxy) is 2. The highest BCUT2D eigenvalue weighted by atomic mass is 19.1. The number of carbonyl (C=O) groups excluding carboxylic acids is 1. The molecule has 0 unspecified atom stereocenters. The van der Waals surface area contributed by atoms with Crippen molar-refractivity contribution in [2.24, 2.45) is 5.92 Å². The summed E-state index contributed by atoms with van der Waals surface area (Å²) >= 11 is 0. The van der Waals surface area contributed by atoms with Gasteiger partial charge in [-0.15, -0.1) is 0 Å². The van der Waals surface area contributed by atoms with Gasteiger partial charge in [-0.1, -0.05) is 0 Å². The highest BCUT2D eigenvalue weighted by Gasteiger charge is 2.25. The average Bonchev–Trinajstić information content (AvgIpc) is 3.13. The fraction of sp³-hybridized carbons (Fsp3) is 0.632. The van der Waals surface area contributed by atoms with Crippen molar-refractivity contribution < 1.29 is 18.7 Å². The highest BCUT2D eigenvalue weighted by molar-refractivity contribution is 5.76. The molecule has 0 bridgehead atoms.